The molecule has 3 aromatic rings. The van der Waals surface area contributed by atoms with Crippen LogP contribution in [0.15, 0.2) is 59.5 Å². The molecule has 12 nitrogen and oxygen atoms in total. The summed E-state index contributed by atoms with van der Waals surface area (Å²) in [6.45, 7) is 2.60. The molecule has 1 amide bonds. The number of nitrogens with one attached hydrogen (secondary N) is 1. The first-order valence-corrected chi connectivity index (χ1v) is 12.5. The van der Waals surface area contributed by atoms with Crippen molar-refractivity contribution in [3.63, 3.8) is 0 Å². The van der Waals surface area contributed by atoms with Crippen molar-refractivity contribution >= 4 is 21.9 Å². The summed E-state index contributed by atoms with van der Waals surface area (Å²) in [5.41, 5.74) is 0.623. The van der Waals surface area contributed by atoms with Gasteiger partial charge >= 0.3 is 12.1 Å². The van der Waals surface area contributed by atoms with E-state index in [2.05, 4.69) is 14.7 Å². The van der Waals surface area contributed by atoms with Crippen molar-refractivity contribution in [2.45, 2.75) is 37.9 Å². The van der Waals surface area contributed by atoms with E-state index in [0.29, 0.717) is 5.56 Å². The summed E-state index contributed by atoms with van der Waals surface area (Å²) in [6.07, 6.45) is -6.37. The zero-order valence-electron chi connectivity index (χ0n) is 20.6. The molecule has 0 spiro atoms. The number of aromatic amines is 1. The van der Waals surface area contributed by atoms with Crippen LogP contribution >= 0.6 is 0 Å². The molecule has 1 N–H and O–H groups in total. The second-order valence-corrected chi connectivity index (χ2v) is 10.0. The standard InChI is InChI=1S/C23H21F3N4O8S/c1-14-4-6-17(7-5-14)20-12-21(23(24,25)26)27-29(20)18-8-10-19(11-9-18)39(35,36)28(16(3)31)13-37-22(32)15(2)38-30(33)34/h4-12,15H,13H2,1-3H3/p+1. The average molecular weight is 572 g/mol. The molecule has 0 saturated heterocycles. The third-order valence-corrected chi connectivity index (χ3v) is 7.15. The van der Waals surface area contributed by atoms with Gasteiger partial charge in [-0.1, -0.05) is 22.4 Å². The lowest BCUT2D eigenvalue weighted by molar-refractivity contribution is -0.764. The van der Waals surface area contributed by atoms with Crippen LogP contribution < -0.4 is 4.68 Å². The van der Waals surface area contributed by atoms with Crippen molar-refractivity contribution in [3.05, 3.63) is 76.0 Å². The molecule has 0 aliphatic heterocycles. The first-order valence-electron chi connectivity index (χ1n) is 11.0. The van der Waals surface area contributed by atoms with E-state index in [0.717, 1.165) is 42.3 Å². The van der Waals surface area contributed by atoms with Gasteiger partial charge in [-0.2, -0.15) is 22.6 Å². The van der Waals surface area contributed by atoms with Crippen molar-refractivity contribution in [3.8, 4) is 16.9 Å². The van der Waals surface area contributed by atoms with Crippen LogP contribution in [0.2, 0.25) is 0 Å². The smallest absolute Gasteiger partial charge is 0.436 e. The van der Waals surface area contributed by atoms with Gasteiger partial charge in [0.1, 0.15) is 0 Å². The summed E-state index contributed by atoms with van der Waals surface area (Å²) in [6, 6.07) is 12.2. The Morgan fingerprint density at radius 3 is 2.23 bits per heavy atom. The highest BCUT2D eigenvalue weighted by atomic mass is 32.2. The number of carbonyl (C=O) groups is 2. The number of carbonyl (C=O) groups excluding carboxylic acids is 2. The second kappa shape index (κ2) is 11.1. The quantitative estimate of drug-likeness (QED) is 0.135. The molecule has 39 heavy (non-hydrogen) atoms. The van der Waals surface area contributed by atoms with Gasteiger partial charge in [-0.3, -0.25) is 9.63 Å². The molecule has 208 valence electrons. The van der Waals surface area contributed by atoms with Gasteiger partial charge in [-0.25, -0.2) is 13.2 Å². The summed E-state index contributed by atoms with van der Waals surface area (Å²) >= 11 is 0. The Bertz CT molecular complexity index is 1490. The zero-order valence-corrected chi connectivity index (χ0v) is 21.4. The maximum atomic E-state index is 13.5. The van der Waals surface area contributed by atoms with Crippen LogP contribution in [0.5, 0.6) is 0 Å². The molecule has 0 radical (unpaired) electrons. The number of hydrogen-bond acceptors (Lipinski definition) is 8. The minimum Gasteiger partial charge on any atom is -0.441 e. The van der Waals surface area contributed by atoms with Gasteiger partial charge in [0.2, 0.25) is 23.4 Å². The predicted molar refractivity (Wildman–Crippen MR) is 126 cm³/mol. The Morgan fingerprint density at radius 2 is 1.72 bits per heavy atom. The molecular formula is C23H22F3N4O8S+. The van der Waals surface area contributed by atoms with E-state index in [1.54, 1.807) is 24.3 Å². The number of esters is 1. The number of ether oxygens (including phenoxy) is 1. The minimum absolute atomic E-state index is 0.145. The largest absolute Gasteiger partial charge is 0.441 e. The molecule has 1 heterocycles. The lowest BCUT2D eigenvalue weighted by Gasteiger charge is -2.21. The van der Waals surface area contributed by atoms with Gasteiger partial charge in [-0.15, -0.1) is 10.1 Å². The predicted octanol–water partition coefficient (Wildman–Crippen LogP) is 2.92. The van der Waals surface area contributed by atoms with Gasteiger partial charge in [0.05, 0.1) is 4.90 Å². The summed E-state index contributed by atoms with van der Waals surface area (Å²) in [4.78, 5) is 37.8. The molecule has 0 bridgehead atoms. The molecule has 0 aliphatic carbocycles. The highest BCUT2D eigenvalue weighted by Gasteiger charge is 2.38. The number of H-pyrrole nitrogens is 1. The lowest BCUT2D eigenvalue weighted by atomic mass is 10.1. The molecule has 1 atom stereocenters. The number of halogens is 3. The second-order valence-electron chi connectivity index (χ2n) is 8.18. The van der Waals surface area contributed by atoms with Crippen LogP contribution in [0.1, 0.15) is 25.1 Å². The molecule has 1 unspecified atom stereocenters. The van der Waals surface area contributed by atoms with Crippen molar-refractivity contribution in [1.29, 1.82) is 0 Å². The van der Waals surface area contributed by atoms with Crippen LogP contribution in [0.3, 0.4) is 0 Å². The van der Waals surface area contributed by atoms with Crippen molar-refractivity contribution in [2.75, 3.05) is 6.73 Å². The van der Waals surface area contributed by atoms with Crippen molar-refractivity contribution in [2.24, 2.45) is 0 Å². The number of rotatable bonds is 9. The fourth-order valence-corrected chi connectivity index (χ4v) is 4.60. The van der Waals surface area contributed by atoms with Gasteiger partial charge in [0, 0.05) is 30.7 Å². The lowest BCUT2D eigenvalue weighted by Crippen LogP contribution is -2.39. The Kier molecular flexibility index (Phi) is 8.28. The van der Waals surface area contributed by atoms with E-state index in [1.165, 1.54) is 12.1 Å². The number of alkyl halides is 3. The maximum absolute atomic E-state index is 13.5. The molecule has 3 rings (SSSR count). The van der Waals surface area contributed by atoms with Crippen LogP contribution in [0.4, 0.5) is 13.2 Å². The van der Waals surface area contributed by atoms with E-state index in [1.807, 2.05) is 6.92 Å². The third kappa shape index (κ3) is 6.70. The Labute approximate surface area is 219 Å². The topological polar surface area (TPSA) is 153 Å². The van der Waals surface area contributed by atoms with Gasteiger partial charge in [0.25, 0.3) is 15.1 Å². The SMILES string of the molecule is CC(=O)N(COC(=O)C(C)O[N+](=O)[O-])S(=O)(=O)c1ccc(-[n+]2[nH]c(C(F)(F)F)cc2-c2ccc(C)cc2)cc1. The average Bonchev–Trinajstić information content (AvgIpc) is 3.30. The van der Waals surface area contributed by atoms with E-state index < -0.39 is 56.6 Å². The fourth-order valence-electron chi connectivity index (χ4n) is 3.34. The van der Waals surface area contributed by atoms with Crippen LogP contribution in [0, 0.1) is 17.0 Å². The normalized spacial score (nSPS) is 12.5. The number of amides is 1. The van der Waals surface area contributed by atoms with Crippen LogP contribution in [0.25, 0.3) is 16.9 Å². The number of benzene rings is 2. The summed E-state index contributed by atoms with van der Waals surface area (Å²) < 4.78 is 72.5. The van der Waals surface area contributed by atoms with E-state index in [9.17, 15) is 41.3 Å². The highest BCUT2D eigenvalue weighted by molar-refractivity contribution is 7.89. The van der Waals surface area contributed by atoms with Crippen LogP contribution in [-0.4, -0.2) is 47.6 Å². The van der Waals surface area contributed by atoms with E-state index in [-0.39, 0.29) is 15.7 Å². The van der Waals surface area contributed by atoms with Crippen LogP contribution in [-0.2, 0) is 35.4 Å². The van der Waals surface area contributed by atoms with Gasteiger partial charge in [0.15, 0.2) is 12.4 Å². The first kappa shape index (κ1) is 29.1. The summed E-state index contributed by atoms with van der Waals surface area (Å²) in [5.74, 6) is -2.33. The minimum atomic E-state index is -4.68. The Balaban J connectivity index is 1.93. The Hall–Kier alpha value is -4.47. The summed E-state index contributed by atoms with van der Waals surface area (Å²) in [7, 11) is -4.60. The first-order chi connectivity index (χ1) is 18.1. The molecular weight excluding hydrogens is 549 g/mol. The number of sulfonamides is 1. The molecule has 2 aromatic carbocycles. The zero-order chi connectivity index (χ0) is 29.1. The molecule has 1 aromatic heterocycles. The molecule has 0 fully saturated rings. The maximum Gasteiger partial charge on any atom is 0.436 e. The van der Waals surface area contributed by atoms with E-state index >= 15 is 0 Å². The van der Waals surface area contributed by atoms with Crippen molar-refractivity contribution < 1.29 is 50.5 Å². The number of aromatic nitrogens is 2. The van der Waals surface area contributed by atoms with E-state index in [4.69, 9.17) is 0 Å². The number of hydrogen-bond donors (Lipinski definition) is 1. The molecule has 16 heteroatoms. The third-order valence-electron chi connectivity index (χ3n) is 5.34. The van der Waals surface area contributed by atoms with Gasteiger partial charge in [-0.05, 0) is 38.1 Å². The number of nitrogens with zero attached hydrogens (tertiary/aromatic N) is 3. The molecule has 0 aliphatic rings. The fraction of sp³-hybridized carbons (Fsp3) is 0.261. The Morgan fingerprint density at radius 1 is 1.13 bits per heavy atom. The number of aryl methyl sites for hydroxylation is 1. The highest BCUT2D eigenvalue weighted by Crippen LogP contribution is 2.30. The molecule has 0 saturated carbocycles. The summed E-state index contributed by atoms with van der Waals surface area (Å²) in [5, 5.41) is 11.4. The van der Waals surface area contributed by atoms with Gasteiger partial charge < -0.3 is 4.74 Å². The van der Waals surface area contributed by atoms with Crippen molar-refractivity contribution in [1.82, 2.24) is 9.40 Å². The monoisotopic (exact) mass is 571 g/mol.